The standard InChI is InChI=1S/C30H57P3/c1-19(2)31(20(3)4)16-28-25(13)29(17-32(21(5)6)22(7)8)27(15)30(26(28)14)18-33(23(9)10)24(11)12/h19-24H,16-18H2,1-15H3. The molecule has 0 heterocycles. The van der Waals surface area contributed by atoms with Crippen LogP contribution >= 0.6 is 23.8 Å². The molecule has 192 valence electrons. The summed E-state index contributed by atoms with van der Waals surface area (Å²) in [5.41, 5.74) is 14.9. The van der Waals surface area contributed by atoms with Gasteiger partial charge >= 0.3 is 0 Å². The van der Waals surface area contributed by atoms with Crippen LogP contribution in [0, 0.1) is 20.8 Å². The van der Waals surface area contributed by atoms with Crippen LogP contribution in [0.1, 0.15) is 116 Å². The molecule has 33 heavy (non-hydrogen) atoms. The maximum Gasteiger partial charge on any atom is -0.00630 e. The lowest BCUT2D eigenvalue weighted by Gasteiger charge is -2.34. The highest BCUT2D eigenvalue weighted by molar-refractivity contribution is 7.59. The van der Waals surface area contributed by atoms with Crippen LogP contribution in [0.15, 0.2) is 0 Å². The van der Waals surface area contributed by atoms with Gasteiger partial charge in [-0.25, -0.2) is 0 Å². The second-order valence-electron chi connectivity index (χ2n) is 11.9. The lowest BCUT2D eigenvalue weighted by atomic mass is 9.90. The summed E-state index contributed by atoms with van der Waals surface area (Å²) in [5, 5.41) is 0. The van der Waals surface area contributed by atoms with Crippen molar-refractivity contribution < 1.29 is 0 Å². The Morgan fingerprint density at radius 3 is 0.636 bits per heavy atom. The molecule has 0 amide bonds. The fourth-order valence-corrected chi connectivity index (χ4v) is 13.8. The molecule has 0 nitrogen and oxygen atoms in total. The maximum absolute atomic E-state index is 2.48. The van der Waals surface area contributed by atoms with Crippen LogP contribution in [0.25, 0.3) is 0 Å². The first-order chi connectivity index (χ1) is 15.1. The molecule has 1 rings (SSSR count). The van der Waals surface area contributed by atoms with Crippen LogP contribution in [-0.4, -0.2) is 34.0 Å². The second-order valence-corrected chi connectivity index (χ2v) is 22.1. The molecule has 0 fully saturated rings. The molecule has 0 aliphatic heterocycles. The van der Waals surface area contributed by atoms with E-state index in [2.05, 4.69) is 104 Å². The first-order valence-electron chi connectivity index (χ1n) is 13.5. The molecule has 0 unspecified atom stereocenters. The van der Waals surface area contributed by atoms with Gasteiger partial charge in [0.1, 0.15) is 0 Å². The van der Waals surface area contributed by atoms with Crippen molar-refractivity contribution >= 4 is 23.8 Å². The Hall–Kier alpha value is 0.510. The van der Waals surface area contributed by atoms with E-state index in [0.29, 0.717) is 0 Å². The molecule has 0 atom stereocenters. The van der Waals surface area contributed by atoms with Crippen LogP contribution in [0.3, 0.4) is 0 Å². The minimum absolute atomic E-state index is 0.00163. The van der Waals surface area contributed by atoms with Gasteiger partial charge in [-0.1, -0.05) is 107 Å². The van der Waals surface area contributed by atoms with Gasteiger partial charge in [-0.05, 0) is 107 Å². The van der Waals surface area contributed by atoms with Crippen molar-refractivity contribution in [3.05, 3.63) is 33.4 Å². The number of benzene rings is 1. The molecule has 1 aromatic carbocycles. The summed E-state index contributed by atoms with van der Waals surface area (Å²) in [5.74, 6) is 0. The van der Waals surface area contributed by atoms with Crippen molar-refractivity contribution in [3.63, 3.8) is 0 Å². The largest absolute Gasteiger partial charge is 0.0969 e. The van der Waals surface area contributed by atoms with E-state index in [1.165, 1.54) is 18.5 Å². The Morgan fingerprint density at radius 2 is 0.515 bits per heavy atom. The van der Waals surface area contributed by atoms with Crippen LogP contribution in [0.2, 0.25) is 0 Å². The third-order valence-electron chi connectivity index (χ3n) is 7.72. The molecule has 1 aromatic rings. The fraction of sp³-hybridized carbons (Fsp3) is 0.800. The van der Waals surface area contributed by atoms with E-state index in [0.717, 1.165) is 34.0 Å². The Labute approximate surface area is 213 Å². The minimum Gasteiger partial charge on any atom is -0.0969 e. The van der Waals surface area contributed by atoms with Gasteiger partial charge in [0.2, 0.25) is 0 Å². The third kappa shape index (κ3) is 8.27. The number of rotatable bonds is 12. The average Bonchev–Trinajstić information content (AvgIpc) is 2.65. The van der Waals surface area contributed by atoms with Gasteiger partial charge in [0.15, 0.2) is 0 Å². The van der Waals surface area contributed by atoms with Gasteiger partial charge in [-0.2, -0.15) is 0 Å². The highest BCUT2D eigenvalue weighted by Gasteiger charge is 2.27. The molecule has 3 heteroatoms. The highest BCUT2D eigenvalue weighted by Crippen LogP contribution is 2.55. The first kappa shape index (κ1) is 31.5. The van der Waals surface area contributed by atoms with E-state index in [9.17, 15) is 0 Å². The van der Waals surface area contributed by atoms with E-state index in [4.69, 9.17) is 0 Å². The Kier molecular flexibility index (Phi) is 13.1. The zero-order chi connectivity index (χ0) is 25.8. The quantitative estimate of drug-likeness (QED) is 0.245. The van der Waals surface area contributed by atoms with Crippen molar-refractivity contribution in [2.75, 3.05) is 0 Å². The van der Waals surface area contributed by atoms with Gasteiger partial charge in [0.05, 0.1) is 0 Å². The van der Waals surface area contributed by atoms with Crippen molar-refractivity contribution in [1.29, 1.82) is 0 Å². The lowest BCUT2D eigenvalue weighted by molar-refractivity contribution is 0.969. The molecule has 0 aromatic heterocycles. The summed E-state index contributed by atoms with van der Waals surface area (Å²) in [6.07, 6.45) is 3.93. The molecule has 0 spiro atoms. The predicted octanol–water partition coefficient (Wildman–Crippen LogP) is 11.0. The van der Waals surface area contributed by atoms with E-state index in [1.807, 2.05) is 0 Å². The highest BCUT2D eigenvalue weighted by atomic mass is 31.1. The molecular formula is C30H57P3. The Bertz CT molecular complexity index is 598. The first-order valence-corrected chi connectivity index (χ1v) is 18.5. The van der Waals surface area contributed by atoms with Crippen LogP contribution in [0.5, 0.6) is 0 Å². The zero-order valence-corrected chi connectivity index (χ0v) is 27.6. The van der Waals surface area contributed by atoms with Gasteiger partial charge in [-0.3, -0.25) is 0 Å². The predicted molar refractivity (Wildman–Crippen MR) is 163 cm³/mol. The van der Waals surface area contributed by atoms with Gasteiger partial charge < -0.3 is 0 Å². The zero-order valence-electron chi connectivity index (χ0n) is 24.9. The van der Waals surface area contributed by atoms with E-state index in [1.54, 1.807) is 33.4 Å². The minimum atomic E-state index is -0.00163. The van der Waals surface area contributed by atoms with Crippen LogP contribution in [-0.2, 0) is 18.5 Å². The fourth-order valence-electron chi connectivity index (χ4n) is 5.53. The molecule has 0 radical (unpaired) electrons. The summed E-state index contributed by atoms with van der Waals surface area (Å²) in [6, 6.07) is 0. The van der Waals surface area contributed by atoms with Crippen molar-refractivity contribution in [2.24, 2.45) is 0 Å². The van der Waals surface area contributed by atoms with E-state index in [-0.39, 0.29) is 23.8 Å². The molecule has 0 saturated carbocycles. The normalized spacial score (nSPS) is 13.1. The molecular weight excluding hydrogens is 453 g/mol. The van der Waals surface area contributed by atoms with Gasteiger partial charge in [0.25, 0.3) is 0 Å². The molecule has 0 saturated heterocycles. The Morgan fingerprint density at radius 1 is 0.364 bits per heavy atom. The topological polar surface area (TPSA) is 0 Å². The van der Waals surface area contributed by atoms with Crippen molar-refractivity contribution in [1.82, 2.24) is 0 Å². The maximum atomic E-state index is 2.48. The molecule has 0 bridgehead atoms. The summed E-state index contributed by atoms with van der Waals surface area (Å²) < 4.78 is 0. The van der Waals surface area contributed by atoms with Gasteiger partial charge in [0, 0.05) is 0 Å². The van der Waals surface area contributed by atoms with E-state index >= 15 is 0 Å². The molecule has 0 aliphatic rings. The van der Waals surface area contributed by atoms with Crippen LogP contribution < -0.4 is 0 Å². The number of hydrogen-bond acceptors (Lipinski definition) is 0. The molecule has 0 N–H and O–H groups in total. The molecule has 0 aliphatic carbocycles. The van der Waals surface area contributed by atoms with Crippen LogP contribution in [0.4, 0.5) is 0 Å². The second kappa shape index (κ2) is 13.7. The number of hydrogen-bond donors (Lipinski definition) is 0. The summed E-state index contributed by atoms with van der Waals surface area (Å²) >= 11 is 0. The van der Waals surface area contributed by atoms with Gasteiger partial charge in [-0.15, -0.1) is 0 Å². The average molecular weight is 511 g/mol. The SMILES string of the molecule is Cc1c(CP(C(C)C)C(C)C)c(C)c(CP(C(C)C)C(C)C)c(C)c1CP(C(C)C)C(C)C. The summed E-state index contributed by atoms with van der Waals surface area (Å²) in [6.45, 7) is 36.9. The van der Waals surface area contributed by atoms with Crippen molar-refractivity contribution in [2.45, 2.75) is 156 Å². The lowest BCUT2D eigenvalue weighted by Crippen LogP contribution is -2.14. The third-order valence-corrected chi connectivity index (χ3v) is 17.7. The summed E-state index contributed by atoms with van der Waals surface area (Å²) in [7, 11) is -0.00490. The van der Waals surface area contributed by atoms with E-state index < -0.39 is 0 Å². The van der Waals surface area contributed by atoms with Crippen molar-refractivity contribution in [3.8, 4) is 0 Å². The Balaban J connectivity index is 3.76. The monoisotopic (exact) mass is 510 g/mol. The smallest absolute Gasteiger partial charge is 0.00630 e. The summed E-state index contributed by atoms with van der Waals surface area (Å²) in [4.78, 5) is 0.